The Bertz CT molecular complexity index is 548. The molecule has 1 aromatic carbocycles. The molecule has 2 aromatic rings. The van der Waals surface area contributed by atoms with Gasteiger partial charge in [0.25, 0.3) is 0 Å². The molecule has 0 spiro atoms. The van der Waals surface area contributed by atoms with Gasteiger partial charge in [-0.2, -0.15) is 13.2 Å². The highest BCUT2D eigenvalue weighted by atomic mass is 19.4. The molecule has 2 nitrogen and oxygen atoms in total. The van der Waals surface area contributed by atoms with Crippen LogP contribution in [0, 0.1) is 13.8 Å². The third-order valence-corrected chi connectivity index (χ3v) is 2.38. The number of aryl methyl sites for hydroxylation is 2. The second-order valence-electron chi connectivity index (χ2n) is 3.66. The quantitative estimate of drug-likeness (QED) is 0.702. The number of alkyl halides is 3. The molecule has 0 N–H and O–H groups in total. The molecule has 18 heavy (non-hydrogen) atoms. The van der Waals surface area contributed by atoms with Crippen LogP contribution in [0.3, 0.4) is 0 Å². The number of hydrogen-bond donors (Lipinski definition) is 0. The molecule has 0 amide bonds. The van der Waals surface area contributed by atoms with Crippen LogP contribution < -0.4 is 0 Å². The van der Waals surface area contributed by atoms with E-state index in [1.54, 1.807) is 19.9 Å². The van der Waals surface area contributed by atoms with Gasteiger partial charge in [0.1, 0.15) is 6.33 Å². The molecule has 0 bridgehead atoms. The first kappa shape index (κ1) is 14.4. The summed E-state index contributed by atoms with van der Waals surface area (Å²) >= 11 is 0. The van der Waals surface area contributed by atoms with Gasteiger partial charge in [0.2, 0.25) is 0 Å². The summed E-state index contributed by atoms with van der Waals surface area (Å²) in [6, 6.07) is 2.75. The number of nitrogens with zero attached hydrogens (tertiary/aromatic N) is 2. The lowest BCUT2D eigenvalue weighted by atomic mass is 10.0. The zero-order chi connectivity index (χ0) is 13.9. The molecular weight excluding hydrogens is 241 g/mol. The second-order valence-corrected chi connectivity index (χ2v) is 3.66. The van der Waals surface area contributed by atoms with E-state index in [-0.39, 0.29) is 5.39 Å². The van der Waals surface area contributed by atoms with E-state index in [1.807, 2.05) is 13.8 Å². The summed E-state index contributed by atoms with van der Waals surface area (Å²) in [7, 11) is 0. The predicted molar refractivity (Wildman–Crippen MR) is 65.4 cm³/mol. The summed E-state index contributed by atoms with van der Waals surface area (Å²) in [4.78, 5) is 7.67. The van der Waals surface area contributed by atoms with E-state index in [4.69, 9.17) is 0 Å². The van der Waals surface area contributed by atoms with E-state index in [9.17, 15) is 13.2 Å². The Kier molecular flexibility index (Phi) is 4.27. The van der Waals surface area contributed by atoms with E-state index in [0.29, 0.717) is 16.8 Å². The molecular formula is C13H15F3N2. The van der Waals surface area contributed by atoms with Gasteiger partial charge >= 0.3 is 6.18 Å². The molecule has 0 aliphatic carbocycles. The fourth-order valence-corrected chi connectivity index (χ4v) is 1.72. The highest BCUT2D eigenvalue weighted by Gasteiger charge is 2.33. The smallest absolute Gasteiger partial charge is 0.241 e. The van der Waals surface area contributed by atoms with Crippen LogP contribution in [-0.2, 0) is 6.18 Å². The highest BCUT2D eigenvalue weighted by Crippen LogP contribution is 2.35. The predicted octanol–water partition coefficient (Wildman–Crippen LogP) is 4.29. The molecule has 0 unspecified atom stereocenters. The van der Waals surface area contributed by atoms with Crippen LogP contribution in [0.4, 0.5) is 13.2 Å². The van der Waals surface area contributed by atoms with Crippen molar-refractivity contribution < 1.29 is 13.2 Å². The SMILES string of the molecule is CC.Cc1cc(C(F)(F)F)c2c(C)ncnc2c1. The molecule has 0 atom stereocenters. The lowest BCUT2D eigenvalue weighted by Crippen LogP contribution is -2.08. The van der Waals surface area contributed by atoms with Gasteiger partial charge in [-0.1, -0.05) is 13.8 Å². The molecule has 98 valence electrons. The van der Waals surface area contributed by atoms with Crippen molar-refractivity contribution in [3.05, 3.63) is 35.3 Å². The average Bonchev–Trinajstić information content (AvgIpc) is 2.29. The Morgan fingerprint density at radius 3 is 2.17 bits per heavy atom. The van der Waals surface area contributed by atoms with Gasteiger partial charge in [0.15, 0.2) is 0 Å². The summed E-state index contributed by atoms with van der Waals surface area (Å²) in [5, 5.41) is 0.0839. The van der Waals surface area contributed by atoms with E-state index < -0.39 is 11.7 Å². The number of aromatic nitrogens is 2. The van der Waals surface area contributed by atoms with E-state index in [2.05, 4.69) is 9.97 Å². The Labute approximate surface area is 104 Å². The molecule has 1 heterocycles. The first-order valence-electron chi connectivity index (χ1n) is 5.69. The van der Waals surface area contributed by atoms with Gasteiger partial charge in [-0.25, -0.2) is 9.97 Å². The van der Waals surface area contributed by atoms with Gasteiger partial charge in [-0.05, 0) is 31.5 Å². The molecule has 0 aliphatic rings. The molecule has 1 aromatic heterocycles. The number of benzene rings is 1. The van der Waals surface area contributed by atoms with Crippen molar-refractivity contribution in [2.75, 3.05) is 0 Å². The molecule has 0 saturated heterocycles. The Morgan fingerprint density at radius 1 is 1.00 bits per heavy atom. The number of rotatable bonds is 0. The summed E-state index contributed by atoms with van der Waals surface area (Å²) in [5.74, 6) is 0. The maximum atomic E-state index is 12.8. The van der Waals surface area contributed by atoms with E-state index >= 15 is 0 Å². The standard InChI is InChI=1S/C11H9F3N2.C2H6/c1-6-3-8(11(12,13)14)10-7(2)15-5-16-9(10)4-6;1-2/h3-5H,1-2H3;1-2H3. The highest BCUT2D eigenvalue weighted by molar-refractivity contribution is 5.85. The van der Waals surface area contributed by atoms with Crippen molar-refractivity contribution in [3.63, 3.8) is 0 Å². The molecule has 0 saturated carbocycles. The molecule has 0 radical (unpaired) electrons. The van der Waals surface area contributed by atoms with E-state index in [0.717, 1.165) is 6.07 Å². The molecule has 5 heteroatoms. The average molecular weight is 256 g/mol. The van der Waals surface area contributed by atoms with E-state index in [1.165, 1.54) is 6.33 Å². The van der Waals surface area contributed by atoms with Gasteiger partial charge in [-0.15, -0.1) is 0 Å². The number of halogens is 3. The zero-order valence-electron chi connectivity index (χ0n) is 10.8. The Morgan fingerprint density at radius 2 is 1.61 bits per heavy atom. The van der Waals surface area contributed by atoms with Crippen molar-refractivity contribution in [2.24, 2.45) is 0 Å². The first-order valence-corrected chi connectivity index (χ1v) is 5.69. The van der Waals surface area contributed by atoms with Crippen molar-refractivity contribution in [1.29, 1.82) is 0 Å². The lowest BCUT2D eigenvalue weighted by Gasteiger charge is -2.12. The van der Waals surface area contributed by atoms with Crippen molar-refractivity contribution >= 4 is 10.9 Å². The number of fused-ring (bicyclic) bond motifs is 1. The van der Waals surface area contributed by atoms with Crippen LogP contribution >= 0.6 is 0 Å². The topological polar surface area (TPSA) is 25.8 Å². The summed E-state index contributed by atoms with van der Waals surface area (Å²) in [5.41, 5.74) is 0.552. The minimum atomic E-state index is -4.38. The molecule has 0 fully saturated rings. The normalized spacial score (nSPS) is 11.1. The molecule has 2 rings (SSSR count). The van der Waals surface area contributed by atoms with Crippen LogP contribution in [0.25, 0.3) is 10.9 Å². The van der Waals surface area contributed by atoms with Gasteiger partial charge in [0.05, 0.1) is 11.1 Å². The van der Waals surface area contributed by atoms with Gasteiger partial charge < -0.3 is 0 Å². The number of hydrogen-bond acceptors (Lipinski definition) is 2. The maximum absolute atomic E-state index is 12.8. The summed E-state index contributed by atoms with van der Waals surface area (Å²) in [6.07, 6.45) is -3.10. The second kappa shape index (κ2) is 5.33. The van der Waals surface area contributed by atoms with Crippen molar-refractivity contribution in [1.82, 2.24) is 9.97 Å². The third-order valence-electron chi connectivity index (χ3n) is 2.38. The third kappa shape index (κ3) is 2.78. The van der Waals surface area contributed by atoms with Crippen LogP contribution in [0.2, 0.25) is 0 Å². The van der Waals surface area contributed by atoms with Crippen LogP contribution in [0.5, 0.6) is 0 Å². The molecule has 0 aliphatic heterocycles. The summed E-state index contributed by atoms with van der Waals surface area (Å²) in [6.45, 7) is 7.17. The first-order chi connectivity index (χ1) is 8.39. The lowest BCUT2D eigenvalue weighted by molar-refractivity contribution is -0.136. The largest absolute Gasteiger partial charge is 0.417 e. The summed E-state index contributed by atoms with van der Waals surface area (Å²) < 4.78 is 38.5. The van der Waals surface area contributed by atoms with Crippen molar-refractivity contribution in [3.8, 4) is 0 Å². The zero-order valence-corrected chi connectivity index (χ0v) is 10.8. The minimum absolute atomic E-state index is 0.0839. The van der Waals surface area contributed by atoms with Gasteiger partial charge in [0, 0.05) is 11.1 Å². The maximum Gasteiger partial charge on any atom is 0.417 e. The monoisotopic (exact) mass is 256 g/mol. The van der Waals surface area contributed by atoms with Gasteiger partial charge in [-0.3, -0.25) is 0 Å². The van der Waals surface area contributed by atoms with Crippen LogP contribution in [0.1, 0.15) is 30.7 Å². The van der Waals surface area contributed by atoms with Crippen LogP contribution in [-0.4, -0.2) is 9.97 Å². The van der Waals surface area contributed by atoms with Crippen molar-refractivity contribution in [2.45, 2.75) is 33.9 Å². The Balaban J connectivity index is 0.000000771. The Hall–Kier alpha value is -1.65. The fourth-order valence-electron chi connectivity index (χ4n) is 1.72. The minimum Gasteiger partial charge on any atom is -0.241 e. The fraction of sp³-hybridized carbons (Fsp3) is 0.385. The van der Waals surface area contributed by atoms with Crippen LogP contribution in [0.15, 0.2) is 18.5 Å².